The third-order valence-corrected chi connectivity index (χ3v) is 4.79. The number of amides is 1. The predicted molar refractivity (Wildman–Crippen MR) is 103 cm³/mol. The highest BCUT2D eigenvalue weighted by atomic mass is 32.2. The van der Waals surface area contributed by atoms with Crippen molar-refractivity contribution in [2.24, 2.45) is 0 Å². The van der Waals surface area contributed by atoms with Crippen LogP contribution >= 0.6 is 11.8 Å². The second-order valence-electron chi connectivity index (χ2n) is 5.87. The molecule has 3 aromatic rings. The first kappa shape index (κ1) is 21.4. The number of thioether (sulfide) groups is 1. The lowest BCUT2D eigenvalue weighted by molar-refractivity contribution is -0.274. The van der Waals surface area contributed by atoms with Crippen LogP contribution in [0.25, 0.3) is 5.69 Å². The summed E-state index contributed by atoms with van der Waals surface area (Å²) in [4.78, 5) is 12.5. The fraction of sp³-hybridized carbons (Fsp3) is 0.222. The number of tetrazole rings is 1. The highest BCUT2D eigenvalue weighted by Crippen LogP contribution is 2.28. The molecular weight excluding hydrogens is 423 g/mol. The number of hydrogen-bond donors (Lipinski definition) is 1. The number of para-hydroxylation sites is 2. The zero-order valence-corrected chi connectivity index (χ0v) is 16.6. The normalized spacial score (nSPS) is 12.3. The third kappa shape index (κ3) is 5.41. The molecule has 0 radical (unpaired) electrons. The topological polar surface area (TPSA) is 91.2 Å². The summed E-state index contributed by atoms with van der Waals surface area (Å²) in [5.41, 5.74) is 0.937. The van der Waals surface area contributed by atoms with Gasteiger partial charge >= 0.3 is 6.36 Å². The molecule has 1 atom stereocenters. The van der Waals surface area contributed by atoms with Crippen LogP contribution in [0.4, 0.5) is 18.9 Å². The van der Waals surface area contributed by atoms with Crippen LogP contribution in [0.3, 0.4) is 0 Å². The number of hydrogen-bond acceptors (Lipinski definition) is 7. The number of rotatable bonds is 7. The van der Waals surface area contributed by atoms with Crippen LogP contribution in [0.1, 0.15) is 6.92 Å². The molecule has 3 rings (SSSR count). The lowest BCUT2D eigenvalue weighted by atomic mass is 10.3. The molecule has 12 heteroatoms. The number of nitrogens with one attached hydrogen (secondary N) is 1. The molecule has 0 fully saturated rings. The Bertz CT molecular complexity index is 1010. The van der Waals surface area contributed by atoms with Crippen molar-refractivity contribution in [2.75, 3.05) is 12.4 Å². The summed E-state index contributed by atoms with van der Waals surface area (Å²) in [5, 5.41) is 14.0. The van der Waals surface area contributed by atoms with Gasteiger partial charge in [0.1, 0.15) is 17.2 Å². The van der Waals surface area contributed by atoms with Crippen molar-refractivity contribution in [1.82, 2.24) is 20.2 Å². The van der Waals surface area contributed by atoms with Gasteiger partial charge in [0.25, 0.3) is 0 Å². The van der Waals surface area contributed by atoms with Crippen molar-refractivity contribution in [2.45, 2.75) is 23.7 Å². The van der Waals surface area contributed by atoms with Crippen LogP contribution in [0.2, 0.25) is 0 Å². The van der Waals surface area contributed by atoms with Gasteiger partial charge in [-0.1, -0.05) is 23.9 Å². The Morgan fingerprint density at radius 2 is 1.87 bits per heavy atom. The molecule has 0 spiro atoms. The minimum atomic E-state index is -4.78. The number of alkyl halides is 3. The zero-order chi connectivity index (χ0) is 21.7. The van der Waals surface area contributed by atoms with Gasteiger partial charge in [-0.05, 0) is 53.7 Å². The van der Waals surface area contributed by atoms with E-state index in [1.165, 1.54) is 23.9 Å². The van der Waals surface area contributed by atoms with Crippen LogP contribution in [0, 0.1) is 0 Å². The number of carbonyl (C=O) groups is 1. The predicted octanol–water partition coefficient (Wildman–Crippen LogP) is 3.69. The number of benzene rings is 2. The van der Waals surface area contributed by atoms with Gasteiger partial charge in [0.2, 0.25) is 11.1 Å². The molecule has 1 amide bonds. The van der Waals surface area contributed by atoms with E-state index in [1.54, 1.807) is 31.2 Å². The fourth-order valence-electron chi connectivity index (χ4n) is 2.40. The molecule has 0 saturated carbocycles. The van der Waals surface area contributed by atoms with Crippen LogP contribution in [0.5, 0.6) is 11.5 Å². The quantitative estimate of drug-likeness (QED) is 0.562. The molecule has 1 N–H and O–H groups in total. The van der Waals surface area contributed by atoms with Crippen molar-refractivity contribution in [3.05, 3.63) is 48.5 Å². The summed E-state index contributed by atoms with van der Waals surface area (Å²) < 4.78 is 47.2. The second kappa shape index (κ2) is 9.03. The SMILES string of the molecule is COc1ccccc1-n1nnnc1SC(C)C(=O)Nc1ccc(OC(F)(F)F)cc1. The van der Waals surface area contributed by atoms with Crippen molar-refractivity contribution in [1.29, 1.82) is 0 Å². The third-order valence-electron chi connectivity index (χ3n) is 3.76. The van der Waals surface area contributed by atoms with Crippen molar-refractivity contribution in [3.63, 3.8) is 0 Å². The number of halogens is 3. The number of methoxy groups -OCH3 is 1. The molecule has 158 valence electrons. The molecule has 0 aliphatic heterocycles. The zero-order valence-electron chi connectivity index (χ0n) is 15.8. The molecule has 1 heterocycles. The first-order valence-electron chi connectivity index (χ1n) is 8.52. The lowest BCUT2D eigenvalue weighted by Gasteiger charge is -2.13. The van der Waals surface area contributed by atoms with Crippen molar-refractivity contribution >= 4 is 23.4 Å². The van der Waals surface area contributed by atoms with E-state index >= 15 is 0 Å². The Labute approximate surface area is 173 Å². The van der Waals surface area contributed by atoms with E-state index in [2.05, 4.69) is 25.6 Å². The molecule has 0 saturated heterocycles. The molecule has 2 aromatic carbocycles. The van der Waals surface area contributed by atoms with E-state index < -0.39 is 11.6 Å². The minimum Gasteiger partial charge on any atom is -0.494 e. The molecule has 30 heavy (non-hydrogen) atoms. The summed E-state index contributed by atoms with van der Waals surface area (Å²) in [7, 11) is 1.52. The molecule has 8 nitrogen and oxygen atoms in total. The summed E-state index contributed by atoms with van der Waals surface area (Å²) >= 11 is 1.12. The summed E-state index contributed by atoms with van der Waals surface area (Å²) in [6.45, 7) is 1.66. The first-order chi connectivity index (χ1) is 14.3. The lowest BCUT2D eigenvalue weighted by Crippen LogP contribution is -2.23. The van der Waals surface area contributed by atoms with Crippen LogP contribution < -0.4 is 14.8 Å². The van der Waals surface area contributed by atoms with E-state index in [9.17, 15) is 18.0 Å². The van der Waals surface area contributed by atoms with Crippen molar-refractivity contribution in [3.8, 4) is 17.2 Å². The second-order valence-corrected chi connectivity index (χ2v) is 7.17. The molecule has 0 aliphatic carbocycles. The van der Waals surface area contributed by atoms with Gasteiger partial charge in [-0.25, -0.2) is 0 Å². The molecule has 0 bridgehead atoms. The highest BCUT2D eigenvalue weighted by molar-refractivity contribution is 8.00. The number of ether oxygens (including phenoxy) is 2. The van der Waals surface area contributed by atoms with Gasteiger partial charge in [0.15, 0.2) is 0 Å². The monoisotopic (exact) mass is 439 g/mol. The fourth-order valence-corrected chi connectivity index (χ4v) is 3.20. The Balaban J connectivity index is 1.66. The number of aromatic nitrogens is 4. The van der Waals surface area contributed by atoms with E-state index in [0.29, 0.717) is 22.3 Å². The van der Waals surface area contributed by atoms with Crippen LogP contribution in [-0.2, 0) is 4.79 Å². The molecule has 0 aliphatic rings. The molecular formula is C18H16F3N5O3S. The number of nitrogens with zero attached hydrogens (tertiary/aromatic N) is 4. The molecule has 1 unspecified atom stereocenters. The Kier molecular flexibility index (Phi) is 6.45. The number of anilines is 1. The van der Waals surface area contributed by atoms with Crippen molar-refractivity contribution < 1.29 is 27.4 Å². The van der Waals surface area contributed by atoms with Crippen LogP contribution in [0.15, 0.2) is 53.7 Å². The minimum absolute atomic E-state index is 0.325. The Hall–Kier alpha value is -3.28. The summed E-state index contributed by atoms with van der Waals surface area (Å²) in [6, 6.07) is 12.0. The van der Waals surface area contributed by atoms with Gasteiger partial charge in [-0.3, -0.25) is 4.79 Å². The Morgan fingerprint density at radius 3 is 2.53 bits per heavy atom. The maximum Gasteiger partial charge on any atom is 0.573 e. The van der Waals surface area contributed by atoms with Gasteiger partial charge in [0, 0.05) is 5.69 Å². The maximum absolute atomic E-state index is 12.5. The number of carbonyl (C=O) groups excluding carboxylic acids is 1. The summed E-state index contributed by atoms with van der Waals surface area (Å²) in [6.07, 6.45) is -4.78. The van der Waals surface area contributed by atoms with Gasteiger partial charge in [0.05, 0.1) is 12.4 Å². The van der Waals surface area contributed by atoms with Gasteiger partial charge < -0.3 is 14.8 Å². The highest BCUT2D eigenvalue weighted by Gasteiger charge is 2.31. The Morgan fingerprint density at radius 1 is 1.17 bits per heavy atom. The van der Waals surface area contributed by atoms with Gasteiger partial charge in [-0.15, -0.1) is 18.3 Å². The van der Waals surface area contributed by atoms with E-state index in [-0.39, 0.29) is 11.7 Å². The molecule has 1 aromatic heterocycles. The average molecular weight is 439 g/mol. The summed E-state index contributed by atoms with van der Waals surface area (Å²) in [5.74, 6) is -0.192. The van der Waals surface area contributed by atoms with E-state index in [1.807, 2.05) is 0 Å². The smallest absolute Gasteiger partial charge is 0.494 e. The van der Waals surface area contributed by atoms with E-state index in [0.717, 1.165) is 23.9 Å². The first-order valence-corrected chi connectivity index (χ1v) is 9.40. The largest absolute Gasteiger partial charge is 0.573 e. The standard InChI is InChI=1S/C18H16F3N5O3S/c1-11(16(27)22-12-7-9-13(10-8-12)29-18(19,20)21)30-17-23-24-25-26(17)14-5-3-4-6-15(14)28-2/h3-11H,1-2H3,(H,22,27). The van der Waals surface area contributed by atoms with Crippen LogP contribution in [-0.4, -0.2) is 44.8 Å². The average Bonchev–Trinajstić information content (AvgIpc) is 3.16. The van der Waals surface area contributed by atoms with Gasteiger partial charge in [-0.2, -0.15) is 4.68 Å². The van der Waals surface area contributed by atoms with E-state index in [4.69, 9.17) is 4.74 Å². The maximum atomic E-state index is 12.5.